The van der Waals surface area contributed by atoms with Crippen LogP contribution in [0.3, 0.4) is 0 Å². The zero-order valence-electron chi connectivity index (χ0n) is 15.8. The van der Waals surface area contributed by atoms with Crippen LogP contribution < -0.4 is 0 Å². The molecular weight excluding hydrogens is 392 g/mol. The fraction of sp³-hybridized carbons (Fsp3) is 0.150. The normalized spacial score (nSPS) is 11.1. The lowest BCUT2D eigenvalue weighted by Gasteiger charge is -2.13. The predicted molar refractivity (Wildman–Crippen MR) is 106 cm³/mol. The second-order valence-electron chi connectivity index (χ2n) is 6.45. The van der Waals surface area contributed by atoms with E-state index in [1.54, 1.807) is 43.3 Å². The van der Waals surface area contributed by atoms with Gasteiger partial charge in [-0.15, -0.1) is 0 Å². The maximum absolute atomic E-state index is 13.4. The number of hydrogen-bond acceptors (Lipinski definition) is 5. The van der Waals surface area contributed by atoms with Gasteiger partial charge in [0.25, 0.3) is 10.0 Å². The predicted octanol–water partition coefficient (Wildman–Crippen LogP) is 3.08. The summed E-state index contributed by atoms with van der Waals surface area (Å²) >= 11 is 0. The highest BCUT2D eigenvalue weighted by Gasteiger charge is 2.25. The Kier molecular flexibility index (Phi) is 5.39. The summed E-state index contributed by atoms with van der Waals surface area (Å²) in [6.07, 6.45) is 1.69. The first-order valence-electron chi connectivity index (χ1n) is 8.57. The van der Waals surface area contributed by atoms with Crippen LogP contribution in [0.1, 0.15) is 16.8 Å². The van der Waals surface area contributed by atoms with Crippen molar-refractivity contribution in [2.45, 2.75) is 18.4 Å². The Hall–Kier alpha value is -3.64. The minimum absolute atomic E-state index is 0.0131. The van der Waals surface area contributed by atoms with E-state index in [0.717, 1.165) is 8.87 Å². The third-order valence-electron chi connectivity index (χ3n) is 4.41. The third-order valence-corrected chi connectivity index (χ3v) is 6.24. The van der Waals surface area contributed by atoms with Crippen molar-refractivity contribution in [2.75, 3.05) is 7.05 Å². The highest BCUT2D eigenvalue weighted by molar-refractivity contribution is 7.90. The highest BCUT2D eigenvalue weighted by Crippen LogP contribution is 2.30. The van der Waals surface area contributed by atoms with E-state index >= 15 is 0 Å². The van der Waals surface area contributed by atoms with Crippen molar-refractivity contribution in [3.63, 3.8) is 0 Å². The molecule has 2 heterocycles. The van der Waals surface area contributed by atoms with E-state index < -0.39 is 16.1 Å². The summed E-state index contributed by atoms with van der Waals surface area (Å²) in [5.74, 6) is 0. The largest absolute Gasteiger partial charge is 0.465 e. The molecule has 148 valence electrons. The quantitative estimate of drug-likeness (QED) is 0.691. The van der Waals surface area contributed by atoms with Gasteiger partial charge >= 0.3 is 6.09 Å². The molecular formula is C20H18N4O4S. The van der Waals surface area contributed by atoms with Gasteiger partial charge < -0.3 is 10.0 Å². The van der Waals surface area contributed by atoms with Gasteiger partial charge in [0.05, 0.1) is 17.1 Å². The van der Waals surface area contributed by atoms with E-state index in [-0.39, 0.29) is 22.8 Å². The van der Waals surface area contributed by atoms with Crippen molar-refractivity contribution in [1.29, 1.82) is 5.26 Å². The van der Waals surface area contributed by atoms with E-state index in [1.165, 1.54) is 25.5 Å². The second kappa shape index (κ2) is 7.77. The van der Waals surface area contributed by atoms with E-state index in [1.807, 2.05) is 6.07 Å². The number of amides is 1. The molecule has 0 spiro atoms. The first-order chi connectivity index (χ1) is 13.8. The number of aryl methyl sites for hydroxylation is 1. The average Bonchev–Trinajstić information content (AvgIpc) is 3.12. The number of benzene rings is 1. The minimum Gasteiger partial charge on any atom is -0.465 e. The van der Waals surface area contributed by atoms with Crippen LogP contribution in [0.2, 0.25) is 0 Å². The van der Waals surface area contributed by atoms with Gasteiger partial charge in [0.1, 0.15) is 11.8 Å². The summed E-state index contributed by atoms with van der Waals surface area (Å²) in [4.78, 5) is 16.4. The van der Waals surface area contributed by atoms with Crippen LogP contribution in [-0.4, -0.2) is 40.5 Å². The Bertz CT molecular complexity index is 1230. The number of pyridine rings is 1. The van der Waals surface area contributed by atoms with E-state index in [0.29, 0.717) is 16.7 Å². The summed E-state index contributed by atoms with van der Waals surface area (Å²) in [5.41, 5.74) is 1.70. The molecule has 1 N–H and O–H groups in total. The van der Waals surface area contributed by atoms with Crippen molar-refractivity contribution < 1.29 is 18.3 Å². The molecule has 8 nitrogen and oxygen atoms in total. The maximum Gasteiger partial charge on any atom is 0.407 e. The van der Waals surface area contributed by atoms with Gasteiger partial charge in [0.2, 0.25) is 0 Å². The first kappa shape index (κ1) is 20.1. The molecule has 0 saturated carbocycles. The van der Waals surface area contributed by atoms with Crippen LogP contribution in [0.15, 0.2) is 59.8 Å². The second-order valence-corrected chi connectivity index (χ2v) is 8.23. The van der Waals surface area contributed by atoms with Crippen LogP contribution in [0.5, 0.6) is 0 Å². The topological polar surface area (TPSA) is 116 Å². The van der Waals surface area contributed by atoms with Crippen molar-refractivity contribution in [2.24, 2.45) is 0 Å². The summed E-state index contributed by atoms with van der Waals surface area (Å²) < 4.78 is 27.9. The van der Waals surface area contributed by atoms with Gasteiger partial charge in [0, 0.05) is 25.0 Å². The summed E-state index contributed by atoms with van der Waals surface area (Å²) in [7, 11) is -2.61. The third kappa shape index (κ3) is 3.83. The molecule has 0 radical (unpaired) electrons. The van der Waals surface area contributed by atoms with Crippen molar-refractivity contribution in [3.8, 4) is 17.3 Å². The van der Waals surface area contributed by atoms with Gasteiger partial charge in [-0.25, -0.2) is 22.2 Å². The zero-order chi connectivity index (χ0) is 21.2. The molecule has 0 bridgehead atoms. The lowest BCUT2D eigenvalue weighted by Crippen LogP contribution is -2.23. The number of carbonyl (C=O) groups is 1. The lowest BCUT2D eigenvalue weighted by molar-refractivity contribution is 0.154. The van der Waals surface area contributed by atoms with Crippen LogP contribution in [0.4, 0.5) is 4.79 Å². The number of hydrogen-bond donors (Lipinski definition) is 1. The number of nitriles is 1. The molecule has 1 amide bonds. The number of rotatable bonds is 5. The maximum atomic E-state index is 13.4. The number of nitrogens with zero attached hydrogens (tertiary/aromatic N) is 4. The average molecular weight is 410 g/mol. The smallest absolute Gasteiger partial charge is 0.407 e. The molecule has 0 atom stereocenters. The monoisotopic (exact) mass is 410 g/mol. The summed E-state index contributed by atoms with van der Waals surface area (Å²) in [6, 6.07) is 13.3. The van der Waals surface area contributed by atoms with Crippen molar-refractivity contribution >= 4 is 16.1 Å². The Morgan fingerprint density at radius 2 is 2.00 bits per heavy atom. The van der Waals surface area contributed by atoms with Crippen LogP contribution in [-0.2, 0) is 16.6 Å². The van der Waals surface area contributed by atoms with E-state index in [2.05, 4.69) is 4.98 Å². The van der Waals surface area contributed by atoms with Gasteiger partial charge in [-0.2, -0.15) is 5.26 Å². The lowest BCUT2D eigenvalue weighted by atomic mass is 10.1. The number of carboxylic acid groups (broad SMARTS) is 1. The van der Waals surface area contributed by atoms with Gasteiger partial charge in [-0.1, -0.05) is 18.2 Å². The molecule has 0 aliphatic carbocycles. The van der Waals surface area contributed by atoms with Gasteiger partial charge in [-0.3, -0.25) is 0 Å². The Morgan fingerprint density at radius 1 is 1.28 bits per heavy atom. The summed E-state index contributed by atoms with van der Waals surface area (Å²) in [6.45, 7) is 1.68. The molecule has 0 saturated heterocycles. The van der Waals surface area contributed by atoms with Crippen LogP contribution >= 0.6 is 0 Å². The molecule has 0 unspecified atom stereocenters. The minimum atomic E-state index is -4.00. The molecule has 2 aromatic heterocycles. The molecule has 29 heavy (non-hydrogen) atoms. The first-order valence-corrected chi connectivity index (χ1v) is 10.0. The molecule has 0 aliphatic rings. The van der Waals surface area contributed by atoms with E-state index in [9.17, 15) is 18.5 Å². The van der Waals surface area contributed by atoms with E-state index in [4.69, 9.17) is 5.11 Å². The summed E-state index contributed by atoms with van der Waals surface area (Å²) in [5, 5.41) is 18.5. The van der Waals surface area contributed by atoms with Crippen LogP contribution in [0, 0.1) is 18.3 Å². The fourth-order valence-corrected chi connectivity index (χ4v) is 4.59. The molecule has 3 aromatic rings. The zero-order valence-corrected chi connectivity index (χ0v) is 16.6. The Morgan fingerprint density at radius 3 is 2.66 bits per heavy atom. The van der Waals surface area contributed by atoms with Crippen molar-refractivity contribution in [3.05, 3.63) is 71.7 Å². The standard InChI is InChI=1S/C20H18N4O4S/c1-14-6-3-4-8-19(14)29(27,28)24-13-15(12-23(2)20(25)26)10-18(24)16-7-5-9-22-17(16)11-21/h3-10,13H,12H2,1-2H3,(H,25,26). The van der Waals surface area contributed by atoms with Gasteiger partial charge in [0.15, 0.2) is 0 Å². The van der Waals surface area contributed by atoms with Crippen molar-refractivity contribution in [1.82, 2.24) is 13.9 Å². The molecule has 9 heteroatoms. The fourth-order valence-electron chi connectivity index (χ4n) is 2.97. The highest BCUT2D eigenvalue weighted by atomic mass is 32.2. The number of aromatic nitrogens is 2. The Labute approximate surface area is 168 Å². The SMILES string of the molecule is Cc1ccccc1S(=O)(=O)n1cc(CN(C)C(=O)O)cc1-c1cccnc1C#N. The van der Waals surface area contributed by atoms with Crippen LogP contribution in [0.25, 0.3) is 11.3 Å². The molecule has 3 rings (SSSR count). The molecule has 0 aliphatic heterocycles. The molecule has 0 fully saturated rings. The Balaban J connectivity index is 2.25. The molecule has 1 aromatic carbocycles. The van der Waals surface area contributed by atoms with Gasteiger partial charge in [-0.05, 0) is 42.3 Å².